The molecule has 1 aromatic rings. The molecule has 1 unspecified atom stereocenters. The van der Waals surface area contributed by atoms with Crippen molar-refractivity contribution in [1.82, 2.24) is 0 Å². The van der Waals surface area contributed by atoms with E-state index in [2.05, 4.69) is 0 Å². The van der Waals surface area contributed by atoms with Crippen LogP contribution in [-0.2, 0) is 6.42 Å². The molecule has 0 amide bonds. The quantitative estimate of drug-likeness (QED) is 0.800. The monoisotopic (exact) mass is 201 g/mol. The van der Waals surface area contributed by atoms with Crippen molar-refractivity contribution in [2.75, 3.05) is 0 Å². The van der Waals surface area contributed by atoms with Crippen LogP contribution in [0.2, 0.25) is 5.02 Å². The molecule has 1 atom stereocenters. The highest BCUT2D eigenvalue weighted by Gasteiger charge is 2.04. The third-order valence-electron chi connectivity index (χ3n) is 2.01. The van der Waals surface area contributed by atoms with Gasteiger partial charge in [-0.05, 0) is 30.5 Å². The standard InChI is InChI=1S/C10H13ClFN/c1-2-8(13)5-7-3-4-9(11)10(12)6-7/h3-4,6,8H,2,5,13H2,1H3. The van der Waals surface area contributed by atoms with Crippen LogP contribution in [0.25, 0.3) is 0 Å². The van der Waals surface area contributed by atoms with Crippen LogP contribution in [0.4, 0.5) is 4.39 Å². The molecule has 0 spiro atoms. The van der Waals surface area contributed by atoms with Crippen molar-refractivity contribution >= 4 is 11.6 Å². The molecule has 0 aliphatic heterocycles. The van der Waals surface area contributed by atoms with E-state index >= 15 is 0 Å². The lowest BCUT2D eigenvalue weighted by atomic mass is 10.1. The van der Waals surface area contributed by atoms with Crippen LogP contribution in [-0.4, -0.2) is 6.04 Å². The molecule has 0 bridgehead atoms. The zero-order valence-electron chi connectivity index (χ0n) is 7.56. The number of rotatable bonds is 3. The van der Waals surface area contributed by atoms with Gasteiger partial charge in [0.05, 0.1) is 5.02 Å². The predicted octanol–water partition coefficient (Wildman–Crippen LogP) is 2.76. The molecule has 0 radical (unpaired) electrons. The Labute approximate surface area is 82.7 Å². The van der Waals surface area contributed by atoms with Crippen molar-refractivity contribution < 1.29 is 4.39 Å². The van der Waals surface area contributed by atoms with Crippen molar-refractivity contribution in [3.8, 4) is 0 Å². The summed E-state index contributed by atoms with van der Waals surface area (Å²) in [5.74, 6) is -0.373. The minimum absolute atomic E-state index is 0.0978. The van der Waals surface area contributed by atoms with Crippen molar-refractivity contribution in [3.63, 3.8) is 0 Å². The van der Waals surface area contributed by atoms with Crippen LogP contribution < -0.4 is 5.73 Å². The van der Waals surface area contributed by atoms with Gasteiger partial charge in [0.25, 0.3) is 0 Å². The summed E-state index contributed by atoms with van der Waals surface area (Å²) < 4.78 is 13.0. The maximum Gasteiger partial charge on any atom is 0.142 e. The van der Waals surface area contributed by atoms with E-state index in [0.717, 1.165) is 12.0 Å². The fraction of sp³-hybridized carbons (Fsp3) is 0.400. The highest BCUT2D eigenvalue weighted by Crippen LogP contribution is 2.16. The minimum Gasteiger partial charge on any atom is -0.327 e. The first-order chi connectivity index (χ1) is 6.13. The van der Waals surface area contributed by atoms with Crippen LogP contribution >= 0.6 is 11.6 Å². The largest absolute Gasteiger partial charge is 0.327 e. The summed E-state index contributed by atoms with van der Waals surface area (Å²) in [5.41, 5.74) is 6.64. The van der Waals surface area contributed by atoms with Gasteiger partial charge in [0.2, 0.25) is 0 Å². The molecule has 1 aromatic carbocycles. The molecule has 72 valence electrons. The van der Waals surface area contributed by atoms with E-state index in [1.807, 2.05) is 6.92 Å². The molecule has 0 aromatic heterocycles. The maximum atomic E-state index is 13.0. The summed E-state index contributed by atoms with van der Waals surface area (Å²) in [5, 5.41) is 0.161. The molecular weight excluding hydrogens is 189 g/mol. The van der Waals surface area contributed by atoms with Gasteiger partial charge in [-0.25, -0.2) is 4.39 Å². The Kier molecular flexibility index (Phi) is 3.70. The Morgan fingerprint density at radius 2 is 2.23 bits per heavy atom. The van der Waals surface area contributed by atoms with E-state index in [-0.39, 0.29) is 16.9 Å². The molecule has 1 nitrogen and oxygen atoms in total. The Hall–Kier alpha value is -0.600. The molecule has 3 heteroatoms. The highest BCUT2D eigenvalue weighted by molar-refractivity contribution is 6.30. The summed E-state index contributed by atoms with van der Waals surface area (Å²) in [6.07, 6.45) is 1.59. The Morgan fingerprint density at radius 3 is 2.77 bits per heavy atom. The van der Waals surface area contributed by atoms with Crippen LogP contribution in [0, 0.1) is 5.82 Å². The second kappa shape index (κ2) is 4.58. The first-order valence-corrected chi connectivity index (χ1v) is 4.70. The number of hydrogen-bond donors (Lipinski definition) is 1. The van der Waals surface area contributed by atoms with Gasteiger partial charge in [0.1, 0.15) is 5.82 Å². The van der Waals surface area contributed by atoms with E-state index in [1.54, 1.807) is 12.1 Å². The normalized spacial score (nSPS) is 12.9. The van der Waals surface area contributed by atoms with Gasteiger partial charge < -0.3 is 5.73 Å². The lowest BCUT2D eigenvalue weighted by molar-refractivity contribution is 0.615. The van der Waals surface area contributed by atoms with Gasteiger partial charge in [-0.15, -0.1) is 0 Å². The molecule has 2 N–H and O–H groups in total. The van der Waals surface area contributed by atoms with Gasteiger partial charge in [-0.1, -0.05) is 24.6 Å². The molecule has 13 heavy (non-hydrogen) atoms. The number of nitrogens with two attached hydrogens (primary N) is 1. The van der Waals surface area contributed by atoms with Gasteiger partial charge >= 0.3 is 0 Å². The van der Waals surface area contributed by atoms with Crippen molar-refractivity contribution in [3.05, 3.63) is 34.6 Å². The third kappa shape index (κ3) is 2.98. The van der Waals surface area contributed by atoms with Gasteiger partial charge in [-0.2, -0.15) is 0 Å². The predicted molar refractivity (Wildman–Crippen MR) is 53.4 cm³/mol. The van der Waals surface area contributed by atoms with Crippen molar-refractivity contribution in [2.24, 2.45) is 5.73 Å². The third-order valence-corrected chi connectivity index (χ3v) is 2.31. The molecular formula is C10H13ClFN. The van der Waals surface area contributed by atoms with Gasteiger partial charge in [-0.3, -0.25) is 0 Å². The van der Waals surface area contributed by atoms with Gasteiger partial charge in [0, 0.05) is 6.04 Å². The zero-order chi connectivity index (χ0) is 9.84. The number of hydrogen-bond acceptors (Lipinski definition) is 1. The molecule has 0 saturated heterocycles. The second-order valence-corrected chi connectivity index (χ2v) is 3.53. The number of benzene rings is 1. The fourth-order valence-electron chi connectivity index (χ4n) is 1.11. The minimum atomic E-state index is -0.373. The molecule has 0 fully saturated rings. The highest BCUT2D eigenvalue weighted by atomic mass is 35.5. The summed E-state index contributed by atoms with van der Waals surface area (Å²) in [7, 11) is 0. The fourth-order valence-corrected chi connectivity index (χ4v) is 1.23. The van der Waals surface area contributed by atoms with Crippen molar-refractivity contribution in [1.29, 1.82) is 0 Å². The van der Waals surface area contributed by atoms with Crippen LogP contribution in [0.5, 0.6) is 0 Å². The van der Waals surface area contributed by atoms with E-state index in [9.17, 15) is 4.39 Å². The van der Waals surface area contributed by atoms with Crippen LogP contribution in [0.3, 0.4) is 0 Å². The summed E-state index contributed by atoms with van der Waals surface area (Å²) in [6.45, 7) is 2.01. The summed E-state index contributed by atoms with van der Waals surface area (Å²) >= 11 is 5.54. The van der Waals surface area contributed by atoms with Gasteiger partial charge in [0.15, 0.2) is 0 Å². The van der Waals surface area contributed by atoms with E-state index in [4.69, 9.17) is 17.3 Å². The second-order valence-electron chi connectivity index (χ2n) is 3.12. The SMILES string of the molecule is CCC(N)Cc1ccc(Cl)c(F)c1. The molecule has 0 heterocycles. The summed E-state index contributed by atoms with van der Waals surface area (Å²) in [4.78, 5) is 0. The molecule has 1 rings (SSSR count). The Balaban J connectivity index is 2.73. The van der Waals surface area contributed by atoms with E-state index in [1.165, 1.54) is 6.07 Å². The number of halogens is 2. The lowest BCUT2D eigenvalue weighted by Crippen LogP contribution is -2.21. The first kappa shape index (κ1) is 10.5. The van der Waals surface area contributed by atoms with E-state index < -0.39 is 0 Å². The Morgan fingerprint density at radius 1 is 1.54 bits per heavy atom. The molecule has 0 aliphatic carbocycles. The average molecular weight is 202 g/mol. The first-order valence-electron chi connectivity index (χ1n) is 4.33. The smallest absolute Gasteiger partial charge is 0.142 e. The zero-order valence-corrected chi connectivity index (χ0v) is 8.31. The topological polar surface area (TPSA) is 26.0 Å². The van der Waals surface area contributed by atoms with Crippen LogP contribution in [0.1, 0.15) is 18.9 Å². The van der Waals surface area contributed by atoms with Crippen LogP contribution in [0.15, 0.2) is 18.2 Å². The molecule has 0 aliphatic rings. The van der Waals surface area contributed by atoms with Crippen molar-refractivity contribution in [2.45, 2.75) is 25.8 Å². The summed E-state index contributed by atoms with van der Waals surface area (Å²) in [6, 6.07) is 4.91. The molecule has 0 saturated carbocycles. The average Bonchev–Trinajstić information content (AvgIpc) is 2.11. The lowest BCUT2D eigenvalue weighted by Gasteiger charge is -2.08. The Bertz CT molecular complexity index is 288. The maximum absolute atomic E-state index is 13.0. The van der Waals surface area contributed by atoms with E-state index in [0.29, 0.717) is 6.42 Å².